The molecule has 0 saturated heterocycles. The van der Waals surface area contributed by atoms with Gasteiger partial charge in [0.15, 0.2) is 0 Å². The molecule has 0 unspecified atom stereocenters. The second kappa shape index (κ2) is 6.62. The Morgan fingerprint density at radius 1 is 1.18 bits per heavy atom. The van der Waals surface area contributed by atoms with Crippen LogP contribution in [0.25, 0.3) is 0 Å². The fourth-order valence-corrected chi connectivity index (χ4v) is 1.57. The van der Waals surface area contributed by atoms with Gasteiger partial charge in [-0.25, -0.2) is 0 Å². The molecular formula is C9H22N2. The van der Waals surface area contributed by atoms with E-state index in [0.29, 0.717) is 0 Å². The molecule has 0 rings (SSSR count). The maximum atomic E-state index is 5.51. The largest absolute Gasteiger partial charge is 0.329 e. The Labute approximate surface area is 70.8 Å². The molecule has 2 heteroatoms. The molecule has 0 fully saturated rings. The van der Waals surface area contributed by atoms with E-state index in [0.717, 1.165) is 25.7 Å². The van der Waals surface area contributed by atoms with Crippen molar-refractivity contribution in [3.63, 3.8) is 0 Å². The van der Waals surface area contributed by atoms with Crippen LogP contribution < -0.4 is 5.73 Å². The third-order valence-electron chi connectivity index (χ3n) is 2.28. The molecule has 0 amide bonds. The first-order chi connectivity index (χ1) is 5.29. The SMILES string of the molecule is CCC(CC)N(CC)CCN. The summed E-state index contributed by atoms with van der Waals surface area (Å²) in [6, 6.07) is 0.739. The van der Waals surface area contributed by atoms with Crippen molar-refractivity contribution in [1.29, 1.82) is 0 Å². The van der Waals surface area contributed by atoms with Crippen molar-refractivity contribution in [2.75, 3.05) is 19.6 Å². The monoisotopic (exact) mass is 158 g/mol. The maximum Gasteiger partial charge on any atom is 0.0107 e. The molecule has 68 valence electrons. The van der Waals surface area contributed by atoms with Crippen molar-refractivity contribution < 1.29 is 0 Å². The quantitative estimate of drug-likeness (QED) is 0.634. The van der Waals surface area contributed by atoms with Crippen LogP contribution in [0.2, 0.25) is 0 Å². The molecular weight excluding hydrogens is 136 g/mol. The van der Waals surface area contributed by atoms with Crippen LogP contribution >= 0.6 is 0 Å². The smallest absolute Gasteiger partial charge is 0.0107 e. The zero-order valence-electron chi connectivity index (χ0n) is 8.14. The Bertz CT molecular complexity index is 79.6. The van der Waals surface area contributed by atoms with E-state index in [4.69, 9.17) is 5.73 Å². The summed E-state index contributed by atoms with van der Waals surface area (Å²) in [6.07, 6.45) is 2.48. The normalized spacial score (nSPS) is 11.5. The number of nitrogens with zero attached hydrogens (tertiary/aromatic N) is 1. The van der Waals surface area contributed by atoms with Gasteiger partial charge >= 0.3 is 0 Å². The predicted molar refractivity (Wildman–Crippen MR) is 50.7 cm³/mol. The first-order valence-corrected chi connectivity index (χ1v) is 4.74. The van der Waals surface area contributed by atoms with E-state index in [1.807, 2.05) is 0 Å². The predicted octanol–water partition coefficient (Wildman–Crippen LogP) is 1.46. The number of hydrogen-bond acceptors (Lipinski definition) is 2. The van der Waals surface area contributed by atoms with Crippen LogP contribution in [0.15, 0.2) is 0 Å². The van der Waals surface area contributed by atoms with Crippen LogP contribution in [0.1, 0.15) is 33.6 Å². The summed E-state index contributed by atoms with van der Waals surface area (Å²) in [4.78, 5) is 2.46. The molecule has 0 aliphatic carbocycles. The lowest BCUT2D eigenvalue weighted by Gasteiger charge is -2.28. The molecule has 0 bridgehead atoms. The fourth-order valence-electron chi connectivity index (χ4n) is 1.57. The summed E-state index contributed by atoms with van der Waals surface area (Å²) in [7, 11) is 0. The van der Waals surface area contributed by atoms with Crippen molar-refractivity contribution in [3.8, 4) is 0 Å². The van der Waals surface area contributed by atoms with Gasteiger partial charge in [-0.05, 0) is 19.4 Å². The minimum atomic E-state index is 0.739. The Morgan fingerprint density at radius 2 is 1.73 bits per heavy atom. The van der Waals surface area contributed by atoms with Gasteiger partial charge in [-0.1, -0.05) is 20.8 Å². The average Bonchev–Trinajstić information content (AvgIpc) is 2.05. The van der Waals surface area contributed by atoms with Crippen molar-refractivity contribution >= 4 is 0 Å². The number of likely N-dealkylation sites (N-methyl/N-ethyl adjacent to an activating group) is 1. The van der Waals surface area contributed by atoms with E-state index in [-0.39, 0.29) is 0 Å². The minimum Gasteiger partial charge on any atom is -0.329 e. The van der Waals surface area contributed by atoms with Crippen molar-refractivity contribution in [2.45, 2.75) is 39.7 Å². The molecule has 0 aromatic heterocycles. The highest BCUT2D eigenvalue weighted by atomic mass is 15.1. The fraction of sp³-hybridized carbons (Fsp3) is 1.00. The van der Waals surface area contributed by atoms with Gasteiger partial charge in [0.25, 0.3) is 0 Å². The summed E-state index contributed by atoms with van der Waals surface area (Å²) in [5.41, 5.74) is 5.51. The summed E-state index contributed by atoms with van der Waals surface area (Å²) < 4.78 is 0. The van der Waals surface area contributed by atoms with Crippen LogP contribution in [-0.4, -0.2) is 30.6 Å². The number of hydrogen-bond donors (Lipinski definition) is 1. The van der Waals surface area contributed by atoms with Gasteiger partial charge in [0.1, 0.15) is 0 Å². The lowest BCUT2D eigenvalue weighted by Crippen LogP contribution is -2.37. The van der Waals surface area contributed by atoms with Gasteiger partial charge in [0.2, 0.25) is 0 Å². The second-order valence-electron chi connectivity index (χ2n) is 2.89. The minimum absolute atomic E-state index is 0.739. The van der Waals surface area contributed by atoms with Gasteiger partial charge in [-0.15, -0.1) is 0 Å². The van der Waals surface area contributed by atoms with E-state index in [2.05, 4.69) is 25.7 Å². The zero-order chi connectivity index (χ0) is 8.69. The lowest BCUT2D eigenvalue weighted by molar-refractivity contribution is 0.201. The van der Waals surface area contributed by atoms with E-state index in [1.54, 1.807) is 0 Å². The summed E-state index contributed by atoms with van der Waals surface area (Å²) in [5.74, 6) is 0. The molecule has 0 radical (unpaired) electrons. The van der Waals surface area contributed by atoms with Crippen LogP contribution in [0.3, 0.4) is 0 Å². The Morgan fingerprint density at radius 3 is 2.00 bits per heavy atom. The molecule has 0 saturated carbocycles. The van der Waals surface area contributed by atoms with E-state index in [9.17, 15) is 0 Å². The highest BCUT2D eigenvalue weighted by molar-refractivity contribution is 4.67. The molecule has 0 aromatic rings. The highest BCUT2D eigenvalue weighted by Crippen LogP contribution is 2.06. The third kappa shape index (κ3) is 3.73. The topological polar surface area (TPSA) is 29.3 Å². The molecule has 0 aromatic carbocycles. The van der Waals surface area contributed by atoms with Crippen LogP contribution in [0, 0.1) is 0 Å². The molecule has 0 atom stereocenters. The Balaban J connectivity index is 3.76. The van der Waals surface area contributed by atoms with Gasteiger partial charge in [-0.2, -0.15) is 0 Å². The Hall–Kier alpha value is -0.0800. The summed E-state index contributed by atoms with van der Waals surface area (Å²) in [6.45, 7) is 9.64. The van der Waals surface area contributed by atoms with E-state index >= 15 is 0 Å². The van der Waals surface area contributed by atoms with Crippen LogP contribution in [-0.2, 0) is 0 Å². The van der Waals surface area contributed by atoms with Crippen LogP contribution in [0.5, 0.6) is 0 Å². The molecule has 0 heterocycles. The molecule has 2 nitrogen and oxygen atoms in total. The molecule has 0 aliphatic heterocycles. The number of rotatable bonds is 6. The molecule has 11 heavy (non-hydrogen) atoms. The lowest BCUT2D eigenvalue weighted by atomic mass is 10.1. The van der Waals surface area contributed by atoms with Gasteiger partial charge in [-0.3, -0.25) is 4.90 Å². The summed E-state index contributed by atoms with van der Waals surface area (Å²) >= 11 is 0. The zero-order valence-corrected chi connectivity index (χ0v) is 8.14. The number of nitrogens with two attached hydrogens (primary N) is 1. The molecule has 2 N–H and O–H groups in total. The first kappa shape index (κ1) is 10.9. The molecule has 0 spiro atoms. The van der Waals surface area contributed by atoms with E-state index in [1.165, 1.54) is 12.8 Å². The van der Waals surface area contributed by atoms with Gasteiger partial charge < -0.3 is 5.73 Å². The second-order valence-corrected chi connectivity index (χ2v) is 2.89. The maximum absolute atomic E-state index is 5.51. The van der Waals surface area contributed by atoms with Gasteiger partial charge in [0, 0.05) is 19.1 Å². The molecule has 0 aliphatic rings. The average molecular weight is 158 g/mol. The van der Waals surface area contributed by atoms with Crippen molar-refractivity contribution in [1.82, 2.24) is 4.90 Å². The van der Waals surface area contributed by atoms with Crippen LogP contribution in [0.4, 0.5) is 0 Å². The third-order valence-corrected chi connectivity index (χ3v) is 2.28. The first-order valence-electron chi connectivity index (χ1n) is 4.74. The standard InChI is InChI=1S/C9H22N2/c1-4-9(5-2)11(6-3)8-7-10/h9H,4-8,10H2,1-3H3. The Kier molecular flexibility index (Phi) is 6.57. The van der Waals surface area contributed by atoms with E-state index < -0.39 is 0 Å². The van der Waals surface area contributed by atoms with Crippen molar-refractivity contribution in [2.24, 2.45) is 5.73 Å². The summed E-state index contributed by atoms with van der Waals surface area (Å²) in [5, 5.41) is 0. The van der Waals surface area contributed by atoms with Crippen molar-refractivity contribution in [3.05, 3.63) is 0 Å². The van der Waals surface area contributed by atoms with Gasteiger partial charge in [0.05, 0.1) is 0 Å². The highest BCUT2D eigenvalue weighted by Gasteiger charge is 2.10.